The van der Waals surface area contributed by atoms with Gasteiger partial charge in [-0.1, -0.05) is 5.21 Å². The van der Waals surface area contributed by atoms with E-state index in [0.29, 0.717) is 46.7 Å². The van der Waals surface area contributed by atoms with Crippen molar-refractivity contribution in [2.45, 2.75) is 31.9 Å². The second-order valence-electron chi connectivity index (χ2n) is 9.29. The molecule has 0 saturated carbocycles. The number of aromatic nitrogens is 5. The Morgan fingerprint density at radius 2 is 2.03 bits per heavy atom. The van der Waals surface area contributed by atoms with Gasteiger partial charge in [0.2, 0.25) is 0 Å². The molecule has 2 aromatic heterocycles. The van der Waals surface area contributed by atoms with Crippen molar-refractivity contribution < 1.29 is 23.8 Å². The fourth-order valence-electron chi connectivity index (χ4n) is 4.35. The smallest absolute Gasteiger partial charge is 0.254 e. The first kappa shape index (κ1) is 23.9. The molecule has 1 amide bonds. The van der Waals surface area contributed by atoms with E-state index in [1.807, 2.05) is 0 Å². The highest BCUT2D eigenvalue weighted by atomic mass is 19.1. The minimum Gasteiger partial charge on any atom is -0.488 e. The fraction of sp³-hybridized carbons (Fsp3) is 0.360. The number of nitrogens with zero attached hydrogens (tertiary/aromatic N) is 5. The van der Waals surface area contributed by atoms with Gasteiger partial charge in [0.25, 0.3) is 5.91 Å². The van der Waals surface area contributed by atoms with Crippen LogP contribution in [0.2, 0.25) is 0 Å². The predicted octanol–water partition coefficient (Wildman–Crippen LogP) is 2.96. The molecule has 0 unspecified atom stereocenters. The highest BCUT2D eigenvalue weighted by Crippen LogP contribution is 2.31. The average molecular weight is 495 g/mol. The molecule has 1 fully saturated rings. The van der Waals surface area contributed by atoms with Gasteiger partial charge < -0.3 is 19.5 Å². The van der Waals surface area contributed by atoms with E-state index < -0.39 is 11.4 Å². The molecule has 0 bridgehead atoms. The number of fused-ring (bicyclic) bond motifs is 1. The van der Waals surface area contributed by atoms with Gasteiger partial charge in [-0.2, -0.15) is 5.10 Å². The second-order valence-corrected chi connectivity index (χ2v) is 9.29. The predicted molar refractivity (Wildman–Crippen MR) is 130 cm³/mol. The van der Waals surface area contributed by atoms with Crippen molar-refractivity contribution in [3.8, 4) is 22.8 Å². The maximum atomic E-state index is 14.6. The Labute approximate surface area is 206 Å². The minimum atomic E-state index is -0.942. The molecule has 2 N–H and O–H groups in total. The van der Waals surface area contributed by atoms with Crippen LogP contribution in [0.25, 0.3) is 28.0 Å². The summed E-state index contributed by atoms with van der Waals surface area (Å²) in [7, 11) is 1.55. The molecule has 2 aromatic carbocycles. The number of aliphatic hydroxyl groups is 1. The molecule has 1 saturated heterocycles. The average Bonchev–Trinajstić information content (AvgIpc) is 3.44. The van der Waals surface area contributed by atoms with Crippen molar-refractivity contribution in [3.63, 3.8) is 0 Å². The maximum absolute atomic E-state index is 14.6. The first-order valence-electron chi connectivity index (χ1n) is 11.6. The molecule has 1 atom stereocenters. The summed E-state index contributed by atoms with van der Waals surface area (Å²) < 4.78 is 26.5. The van der Waals surface area contributed by atoms with Crippen LogP contribution in [0.1, 0.15) is 30.6 Å². The number of nitrogens with one attached hydrogen (secondary N) is 1. The highest BCUT2D eigenvalue weighted by Gasteiger charge is 2.41. The number of halogens is 1. The van der Waals surface area contributed by atoms with Crippen LogP contribution in [0.3, 0.4) is 0 Å². The lowest BCUT2D eigenvalue weighted by molar-refractivity contribution is -0.0550. The van der Waals surface area contributed by atoms with Crippen LogP contribution in [-0.4, -0.2) is 79.6 Å². The number of H-pyrrole nitrogens is 1. The first-order valence-corrected chi connectivity index (χ1v) is 11.6. The van der Waals surface area contributed by atoms with E-state index in [1.165, 1.54) is 6.07 Å². The minimum absolute atomic E-state index is 0.111. The number of rotatable bonds is 8. The normalized spacial score (nSPS) is 15.8. The Kier molecular flexibility index (Phi) is 6.19. The van der Waals surface area contributed by atoms with Gasteiger partial charge in [-0.3, -0.25) is 9.89 Å². The molecular formula is C25H27FN6O4. The van der Waals surface area contributed by atoms with E-state index >= 15 is 0 Å². The number of likely N-dealkylation sites (tertiary alicyclic amines) is 1. The molecule has 10 nitrogen and oxygen atoms in total. The van der Waals surface area contributed by atoms with Crippen molar-refractivity contribution in [2.75, 3.05) is 26.9 Å². The Hall–Kier alpha value is -3.83. The van der Waals surface area contributed by atoms with E-state index in [9.17, 15) is 14.3 Å². The summed E-state index contributed by atoms with van der Waals surface area (Å²) >= 11 is 0. The summed E-state index contributed by atoms with van der Waals surface area (Å²) in [6.07, 6.45) is 2.47. The van der Waals surface area contributed by atoms with Gasteiger partial charge >= 0.3 is 0 Å². The Morgan fingerprint density at radius 3 is 2.69 bits per heavy atom. The lowest BCUT2D eigenvalue weighted by atomic mass is 9.87. The summed E-state index contributed by atoms with van der Waals surface area (Å²) in [6, 6.07) is 9.72. The van der Waals surface area contributed by atoms with Crippen molar-refractivity contribution >= 4 is 16.8 Å². The molecule has 3 heterocycles. The molecule has 0 aliphatic carbocycles. The largest absolute Gasteiger partial charge is 0.488 e. The SMILES string of the molecule is COCCOc1cc2[nH]nc(-c3cn(-c4ccc(C(=O)N5CC[C@H]5C(C)(C)O)cc4)nn3)c2cc1F. The van der Waals surface area contributed by atoms with Gasteiger partial charge in [0, 0.05) is 30.7 Å². The number of methoxy groups -OCH3 is 1. The molecular weight excluding hydrogens is 467 g/mol. The highest BCUT2D eigenvalue weighted by molar-refractivity contribution is 5.95. The molecule has 1 aliphatic rings. The number of carbonyl (C=O) groups is 1. The lowest BCUT2D eigenvalue weighted by Crippen LogP contribution is -2.60. The molecule has 4 aromatic rings. The van der Waals surface area contributed by atoms with Gasteiger partial charge in [0.15, 0.2) is 11.6 Å². The molecule has 1 aliphatic heterocycles. The quantitative estimate of drug-likeness (QED) is 0.362. The van der Waals surface area contributed by atoms with Gasteiger partial charge in [0.1, 0.15) is 18.0 Å². The van der Waals surface area contributed by atoms with Gasteiger partial charge in [-0.15, -0.1) is 5.10 Å². The van der Waals surface area contributed by atoms with Crippen LogP contribution in [0, 0.1) is 5.82 Å². The number of carbonyl (C=O) groups excluding carboxylic acids is 1. The van der Waals surface area contributed by atoms with E-state index in [2.05, 4.69) is 20.5 Å². The molecule has 188 valence electrons. The van der Waals surface area contributed by atoms with Crippen molar-refractivity contribution in [2.24, 2.45) is 0 Å². The molecule has 36 heavy (non-hydrogen) atoms. The molecule has 11 heteroatoms. The van der Waals surface area contributed by atoms with E-state index in [1.54, 1.807) is 67.1 Å². The summed E-state index contributed by atoms with van der Waals surface area (Å²) in [5.41, 5.74) is 1.82. The van der Waals surface area contributed by atoms with E-state index in [4.69, 9.17) is 9.47 Å². The van der Waals surface area contributed by atoms with Gasteiger partial charge in [-0.05, 0) is 50.6 Å². The van der Waals surface area contributed by atoms with Gasteiger partial charge in [0.05, 0.1) is 35.7 Å². The summed E-state index contributed by atoms with van der Waals surface area (Å²) in [5, 5.41) is 26.4. The van der Waals surface area contributed by atoms with Crippen LogP contribution in [0.4, 0.5) is 4.39 Å². The number of benzene rings is 2. The zero-order valence-electron chi connectivity index (χ0n) is 20.2. The standard InChI is InChI=1S/C25H27FN6O4/c1-25(2,34)22-8-9-31(22)24(33)15-4-6-16(7-5-15)32-14-20(28-30-32)23-17-12-18(26)21(36-11-10-35-3)13-19(17)27-29-23/h4-7,12-14,22,34H,8-11H2,1-3H3,(H,27,29)/t22-/m0/s1. The van der Waals surface area contributed by atoms with Gasteiger partial charge in [-0.25, -0.2) is 9.07 Å². The molecule has 5 rings (SSSR count). The topological polar surface area (TPSA) is 118 Å². The summed E-state index contributed by atoms with van der Waals surface area (Å²) in [6.45, 7) is 4.64. The first-order chi connectivity index (χ1) is 17.3. The fourth-order valence-corrected chi connectivity index (χ4v) is 4.35. The number of amides is 1. The van der Waals surface area contributed by atoms with Crippen molar-refractivity contribution in [1.82, 2.24) is 30.1 Å². The number of hydrogen-bond donors (Lipinski definition) is 2. The Bertz CT molecular complexity index is 1390. The lowest BCUT2D eigenvalue weighted by Gasteiger charge is -2.47. The summed E-state index contributed by atoms with van der Waals surface area (Å²) in [4.78, 5) is 14.6. The monoisotopic (exact) mass is 494 g/mol. The number of aromatic amines is 1. The van der Waals surface area contributed by atoms with Crippen LogP contribution in [-0.2, 0) is 4.74 Å². The van der Waals surface area contributed by atoms with E-state index in [0.717, 1.165) is 6.42 Å². The van der Waals surface area contributed by atoms with Crippen molar-refractivity contribution in [1.29, 1.82) is 0 Å². The van der Waals surface area contributed by atoms with Crippen molar-refractivity contribution in [3.05, 3.63) is 54.0 Å². The zero-order chi connectivity index (χ0) is 25.4. The zero-order valence-corrected chi connectivity index (χ0v) is 20.2. The third kappa shape index (κ3) is 4.42. The molecule has 0 spiro atoms. The molecule has 0 radical (unpaired) electrons. The Balaban J connectivity index is 1.34. The van der Waals surface area contributed by atoms with Crippen LogP contribution < -0.4 is 4.74 Å². The number of hydrogen-bond acceptors (Lipinski definition) is 7. The van der Waals surface area contributed by atoms with Crippen LogP contribution >= 0.6 is 0 Å². The Morgan fingerprint density at radius 1 is 1.25 bits per heavy atom. The maximum Gasteiger partial charge on any atom is 0.254 e. The van der Waals surface area contributed by atoms with Crippen LogP contribution in [0.15, 0.2) is 42.6 Å². The summed E-state index contributed by atoms with van der Waals surface area (Å²) in [5.74, 6) is -0.516. The van der Waals surface area contributed by atoms with E-state index in [-0.39, 0.29) is 24.3 Å². The third-order valence-electron chi connectivity index (χ3n) is 6.37. The van der Waals surface area contributed by atoms with Crippen LogP contribution in [0.5, 0.6) is 5.75 Å². The number of ether oxygens (including phenoxy) is 2. The second kappa shape index (κ2) is 9.32. The third-order valence-corrected chi connectivity index (χ3v) is 6.37.